The predicted molar refractivity (Wildman–Crippen MR) is 114 cm³/mol. The Bertz CT molecular complexity index is 690. The number of benzene rings is 1. The zero-order valence-corrected chi connectivity index (χ0v) is 17.8. The number of hydrogen-bond donors (Lipinski definition) is 1. The molecular weight excluding hydrogens is 326 g/mol. The highest BCUT2D eigenvalue weighted by atomic mass is 15.0. The third-order valence-corrected chi connectivity index (χ3v) is 9.87. The molecule has 0 bridgehead atoms. The molecule has 3 fully saturated rings. The van der Waals surface area contributed by atoms with E-state index in [2.05, 4.69) is 44.3 Å². The number of aryl methyl sites for hydroxylation is 1. The van der Waals surface area contributed by atoms with Gasteiger partial charge in [-0.05, 0) is 91.9 Å². The molecule has 1 heteroatoms. The van der Waals surface area contributed by atoms with Gasteiger partial charge in [-0.3, -0.25) is 0 Å². The smallest absolute Gasteiger partial charge is 0.0216 e. The third kappa shape index (κ3) is 2.39. The minimum atomic E-state index is 0.506. The average Bonchev–Trinajstić information content (AvgIpc) is 3.29. The van der Waals surface area contributed by atoms with Crippen molar-refractivity contribution in [3.05, 3.63) is 34.9 Å². The Hall–Kier alpha value is -0.820. The number of nitrogens with one attached hydrogen (secondary N) is 1. The van der Waals surface area contributed by atoms with Crippen molar-refractivity contribution < 1.29 is 0 Å². The van der Waals surface area contributed by atoms with Crippen LogP contribution in [0.4, 0.5) is 0 Å². The van der Waals surface area contributed by atoms with E-state index in [0.29, 0.717) is 16.9 Å². The maximum absolute atomic E-state index is 4.13. The maximum Gasteiger partial charge on any atom is 0.0216 e. The molecule has 1 aliphatic heterocycles. The molecule has 3 atom stereocenters. The molecule has 1 aromatic rings. The Balaban J connectivity index is 1.66. The van der Waals surface area contributed by atoms with Crippen molar-refractivity contribution in [3.63, 3.8) is 0 Å². The van der Waals surface area contributed by atoms with Gasteiger partial charge in [-0.15, -0.1) is 0 Å². The van der Waals surface area contributed by atoms with Gasteiger partial charge in [0.15, 0.2) is 0 Å². The highest BCUT2D eigenvalue weighted by molar-refractivity contribution is 5.50. The zero-order chi connectivity index (χ0) is 18.6. The van der Waals surface area contributed by atoms with Gasteiger partial charge in [0.25, 0.3) is 0 Å². The minimum absolute atomic E-state index is 0.506. The van der Waals surface area contributed by atoms with E-state index >= 15 is 0 Å². The molecule has 3 aliphatic carbocycles. The summed E-state index contributed by atoms with van der Waals surface area (Å²) in [6, 6.07) is 7.99. The van der Waals surface area contributed by atoms with Crippen molar-refractivity contribution in [2.24, 2.45) is 16.7 Å². The molecule has 0 radical (unpaired) electrons. The second-order valence-electron chi connectivity index (χ2n) is 10.4. The average molecular weight is 366 g/mol. The van der Waals surface area contributed by atoms with Crippen molar-refractivity contribution in [2.75, 3.05) is 6.54 Å². The molecule has 0 aromatic heterocycles. The molecule has 3 unspecified atom stereocenters. The van der Waals surface area contributed by atoms with Crippen LogP contribution in [-0.2, 0) is 0 Å². The lowest BCUT2D eigenvalue weighted by Crippen LogP contribution is -2.55. The van der Waals surface area contributed by atoms with E-state index in [4.69, 9.17) is 0 Å². The summed E-state index contributed by atoms with van der Waals surface area (Å²) in [6.07, 6.45) is 14.5. The van der Waals surface area contributed by atoms with Crippen LogP contribution in [0, 0.1) is 23.7 Å². The molecule has 0 amide bonds. The van der Waals surface area contributed by atoms with Crippen molar-refractivity contribution in [1.29, 1.82) is 0 Å². The first-order chi connectivity index (χ1) is 13.2. The van der Waals surface area contributed by atoms with Crippen LogP contribution < -0.4 is 5.32 Å². The summed E-state index contributed by atoms with van der Waals surface area (Å²) in [5, 5.41) is 4.13. The molecule has 2 saturated carbocycles. The molecule has 1 N–H and O–H groups in total. The Kier molecular flexibility index (Phi) is 4.46. The largest absolute Gasteiger partial charge is 0.313 e. The third-order valence-electron chi connectivity index (χ3n) is 9.87. The zero-order valence-electron chi connectivity index (χ0n) is 17.8. The van der Waals surface area contributed by atoms with Gasteiger partial charge in [0.2, 0.25) is 0 Å². The van der Waals surface area contributed by atoms with Gasteiger partial charge in [-0.25, -0.2) is 0 Å². The van der Waals surface area contributed by atoms with Crippen LogP contribution in [0.5, 0.6) is 0 Å². The quantitative estimate of drug-likeness (QED) is 0.625. The van der Waals surface area contributed by atoms with Gasteiger partial charge >= 0.3 is 0 Å². The SMILES string of the molecule is CCC1(CC)CCNC2C1c1c(C)cccc1C2C1(C2CCCC2)CCC1. The van der Waals surface area contributed by atoms with Crippen molar-refractivity contribution >= 4 is 0 Å². The first-order valence-electron chi connectivity index (χ1n) is 12.0. The Labute approximate surface area is 166 Å². The highest BCUT2D eigenvalue weighted by Crippen LogP contribution is 2.68. The first-order valence-corrected chi connectivity index (χ1v) is 12.0. The molecule has 27 heavy (non-hydrogen) atoms. The van der Waals surface area contributed by atoms with Gasteiger partial charge in [0.05, 0.1) is 0 Å². The number of fused-ring (bicyclic) bond motifs is 3. The second kappa shape index (κ2) is 6.61. The van der Waals surface area contributed by atoms with E-state index in [0.717, 1.165) is 17.8 Å². The van der Waals surface area contributed by atoms with E-state index in [9.17, 15) is 0 Å². The van der Waals surface area contributed by atoms with Gasteiger partial charge in [-0.1, -0.05) is 51.3 Å². The summed E-state index contributed by atoms with van der Waals surface area (Å²) in [6.45, 7) is 8.56. The number of piperidine rings is 1. The van der Waals surface area contributed by atoms with E-state index in [1.807, 2.05) is 0 Å². The van der Waals surface area contributed by atoms with Crippen LogP contribution in [0.15, 0.2) is 18.2 Å². The molecule has 148 valence electrons. The van der Waals surface area contributed by atoms with E-state index in [-0.39, 0.29) is 0 Å². The highest BCUT2D eigenvalue weighted by Gasteiger charge is 2.61. The lowest BCUT2D eigenvalue weighted by atomic mass is 9.51. The number of rotatable bonds is 4. The summed E-state index contributed by atoms with van der Waals surface area (Å²) in [5.74, 6) is 2.50. The van der Waals surface area contributed by atoms with E-state index in [1.54, 1.807) is 16.7 Å². The number of hydrogen-bond acceptors (Lipinski definition) is 1. The molecule has 5 rings (SSSR count). The molecular formula is C26H39N. The van der Waals surface area contributed by atoms with E-state index < -0.39 is 0 Å². The molecule has 1 saturated heterocycles. The lowest BCUT2D eigenvalue weighted by Gasteiger charge is -2.56. The van der Waals surface area contributed by atoms with Crippen molar-refractivity contribution in [3.8, 4) is 0 Å². The van der Waals surface area contributed by atoms with Gasteiger partial charge in [-0.2, -0.15) is 0 Å². The summed E-state index contributed by atoms with van der Waals surface area (Å²) in [5.41, 5.74) is 6.22. The van der Waals surface area contributed by atoms with Crippen molar-refractivity contribution in [1.82, 2.24) is 5.32 Å². The molecule has 4 aliphatic rings. The summed E-state index contributed by atoms with van der Waals surface area (Å²) in [4.78, 5) is 0. The lowest BCUT2D eigenvalue weighted by molar-refractivity contribution is -0.0110. The monoisotopic (exact) mass is 365 g/mol. The Morgan fingerprint density at radius 1 is 0.963 bits per heavy atom. The summed E-state index contributed by atoms with van der Waals surface area (Å²) >= 11 is 0. The fraction of sp³-hybridized carbons (Fsp3) is 0.769. The fourth-order valence-corrected chi connectivity index (χ4v) is 8.30. The fourth-order valence-electron chi connectivity index (χ4n) is 8.30. The van der Waals surface area contributed by atoms with Gasteiger partial charge < -0.3 is 5.32 Å². The molecule has 1 nitrogen and oxygen atoms in total. The molecule has 0 spiro atoms. The molecule has 1 aromatic carbocycles. The summed E-state index contributed by atoms with van der Waals surface area (Å²) in [7, 11) is 0. The van der Waals surface area contributed by atoms with Gasteiger partial charge in [0.1, 0.15) is 0 Å². The first kappa shape index (κ1) is 18.2. The summed E-state index contributed by atoms with van der Waals surface area (Å²) < 4.78 is 0. The maximum atomic E-state index is 4.13. The van der Waals surface area contributed by atoms with Crippen molar-refractivity contribution in [2.45, 2.75) is 103 Å². The Morgan fingerprint density at radius 2 is 1.70 bits per heavy atom. The molecule has 1 heterocycles. The standard InChI is InChI=1S/C26H39N/c1-4-25(5-2)16-17-27-24-22(20-13-8-10-18(3)21(20)23(24)25)26(14-9-15-26)19-11-6-7-12-19/h8,10,13,19,22-24,27H,4-7,9,11-12,14-17H2,1-3H3. The van der Waals surface area contributed by atoms with Crippen LogP contribution in [0.2, 0.25) is 0 Å². The second-order valence-corrected chi connectivity index (χ2v) is 10.4. The minimum Gasteiger partial charge on any atom is -0.313 e. The Morgan fingerprint density at radius 3 is 2.33 bits per heavy atom. The topological polar surface area (TPSA) is 12.0 Å². The normalized spacial score (nSPS) is 34.1. The van der Waals surface area contributed by atoms with Crippen LogP contribution in [0.25, 0.3) is 0 Å². The van der Waals surface area contributed by atoms with Crippen LogP contribution in [-0.4, -0.2) is 12.6 Å². The van der Waals surface area contributed by atoms with E-state index in [1.165, 1.54) is 70.8 Å². The van der Waals surface area contributed by atoms with Crippen LogP contribution in [0.3, 0.4) is 0 Å². The van der Waals surface area contributed by atoms with Crippen LogP contribution in [0.1, 0.15) is 107 Å². The van der Waals surface area contributed by atoms with Crippen LogP contribution >= 0.6 is 0 Å². The predicted octanol–water partition coefficient (Wildman–Crippen LogP) is 6.70. The van der Waals surface area contributed by atoms with Gasteiger partial charge in [0, 0.05) is 17.9 Å².